The second-order valence-electron chi connectivity index (χ2n) is 7.50. The van der Waals surface area contributed by atoms with Gasteiger partial charge in [0.1, 0.15) is 11.3 Å². The maximum Gasteiger partial charge on any atom is 0.339 e. The van der Waals surface area contributed by atoms with Gasteiger partial charge < -0.3 is 14.4 Å². The molecule has 3 aromatic rings. The molecule has 0 saturated carbocycles. The Morgan fingerprint density at radius 3 is 2.45 bits per heavy atom. The molecule has 0 atom stereocenters. The van der Waals surface area contributed by atoms with Gasteiger partial charge in [0, 0.05) is 18.0 Å². The molecule has 0 spiro atoms. The summed E-state index contributed by atoms with van der Waals surface area (Å²) in [5.41, 5.74) is 1.35. The number of para-hydroxylation sites is 1. The van der Waals surface area contributed by atoms with Crippen LogP contribution in [0.4, 0.5) is 0 Å². The lowest BCUT2D eigenvalue weighted by Crippen LogP contribution is -2.45. The van der Waals surface area contributed by atoms with Crippen LogP contribution in [-0.4, -0.2) is 48.1 Å². The third-order valence-electron chi connectivity index (χ3n) is 5.13. The molecule has 0 aliphatic heterocycles. The highest BCUT2D eigenvalue weighted by molar-refractivity contribution is 6.05. The van der Waals surface area contributed by atoms with Gasteiger partial charge in [0.15, 0.2) is 6.61 Å². The van der Waals surface area contributed by atoms with Crippen LogP contribution >= 0.6 is 0 Å². The van der Waals surface area contributed by atoms with Crippen molar-refractivity contribution in [3.05, 3.63) is 60.2 Å². The Hall–Kier alpha value is -3.92. The number of aromatic nitrogens is 1. The van der Waals surface area contributed by atoms with E-state index >= 15 is 0 Å². The first kappa shape index (κ1) is 21.8. The molecule has 0 aliphatic rings. The monoisotopic (exact) mass is 417 g/mol. The fourth-order valence-corrected chi connectivity index (χ4v) is 2.94. The van der Waals surface area contributed by atoms with Crippen LogP contribution in [0.3, 0.4) is 0 Å². The molecule has 1 aromatic heterocycles. The molecule has 0 fully saturated rings. The second-order valence-corrected chi connectivity index (χ2v) is 7.50. The number of nitrogens with zero attached hydrogens (tertiary/aromatic N) is 3. The number of fused-ring (bicyclic) bond motifs is 1. The Kier molecular flexibility index (Phi) is 6.21. The number of rotatable bonds is 6. The summed E-state index contributed by atoms with van der Waals surface area (Å²) in [6.07, 6.45) is 0. The van der Waals surface area contributed by atoms with E-state index in [0.717, 1.165) is 5.56 Å². The average molecular weight is 417 g/mol. The zero-order valence-electron chi connectivity index (χ0n) is 17.9. The number of hydrogen-bond acceptors (Lipinski definition) is 6. The van der Waals surface area contributed by atoms with Gasteiger partial charge in [-0.25, -0.2) is 9.78 Å². The van der Waals surface area contributed by atoms with Crippen molar-refractivity contribution >= 4 is 22.8 Å². The molecule has 0 unspecified atom stereocenters. The highest BCUT2D eigenvalue weighted by atomic mass is 16.5. The number of carbonyl (C=O) groups is 2. The van der Waals surface area contributed by atoms with Crippen LogP contribution in [-0.2, 0) is 9.53 Å². The smallest absolute Gasteiger partial charge is 0.339 e. The van der Waals surface area contributed by atoms with Gasteiger partial charge in [-0.2, -0.15) is 5.26 Å². The summed E-state index contributed by atoms with van der Waals surface area (Å²) < 4.78 is 10.5. The summed E-state index contributed by atoms with van der Waals surface area (Å²) in [7, 11) is 3.09. The molecule has 0 bridgehead atoms. The lowest BCUT2D eigenvalue weighted by atomic mass is 10.0. The van der Waals surface area contributed by atoms with Crippen LogP contribution < -0.4 is 4.74 Å². The largest absolute Gasteiger partial charge is 0.497 e. The number of ether oxygens (including phenoxy) is 2. The van der Waals surface area contributed by atoms with Gasteiger partial charge in [-0.3, -0.25) is 4.79 Å². The standard InChI is InChI=1S/C24H23N3O4/c1-24(2,15-25)27(3)22(28)14-31-23(29)19-13-21(16-9-11-17(30-4)12-10-16)26-20-8-6-5-7-18(19)20/h5-13H,14H2,1-4H3. The van der Waals surface area contributed by atoms with E-state index in [2.05, 4.69) is 4.98 Å². The van der Waals surface area contributed by atoms with E-state index in [9.17, 15) is 14.9 Å². The highest BCUT2D eigenvalue weighted by Crippen LogP contribution is 2.27. The van der Waals surface area contributed by atoms with Crippen LogP contribution in [0, 0.1) is 11.3 Å². The van der Waals surface area contributed by atoms with E-state index < -0.39 is 24.0 Å². The van der Waals surface area contributed by atoms with Gasteiger partial charge in [0.05, 0.1) is 30.0 Å². The molecule has 3 rings (SSSR count). The molecule has 0 radical (unpaired) electrons. The van der Waals surface area contributed by atoms with Crippen molar-refractivity contribution in [2.45, 2.75) is 19.4 Å². The van der Waals surface area contributed by atoms with Crippen molar-refractivity contribution in [3.8, 4) is 23.1 Å². The van der Waals surface area contributed by atoms with Crippen molar-refractivity contribution in [1.82, 2.24) is 9.88 Å². The Morgan fingerprint density at radius 2 is 1.81 bits per heavy atom. The zero-order chi connectivity index (χ0) is 22.6. The molecule has 1 amide bonds. The number of pyridine rings is 1. The van der Waals surface area contributed by atoms with Crippen molar-refractivity contribution in [2.75, 3.05) is 20.8 Å². The third kappa shape index (κ3) is 4.64. The van der Waals surface area contributed by atoms with Gasteiger partial charge in [-0.05, 0) is 50.2 Å². The molecular formula is C24H23N3O4. The molecular weight excluding hydrogens is 394 g/mol. The van der Waals surface area contributed by atoms with E-state index in [1.54, 1.807) is 33.1 Å². The van der Waals surface area contributed by atoms with Crippen molar-refractivity contribution < 1.29 is 19.1 Å². The van der Waals surface area contributed by atoms with Gasteiger partial charge in [0.25, 0.3) is 5.91 Å². The van der Waals surface area contributed by atoms with Crippen molar-refractivity contribution in [1.29, 1.82) is 5.26 Å². The zero-order valence-corrected chi connectivity index (χ0v) is 17.9. The SMILES string of the molecule is COc1ccc(-c2cc(C(=O)OCC(=O)N(C)C(C)(C)C#N)c3ccccc3n2)cc1. The summed E-state index contributed by atoms with van der Waals surface area (Å²) in [4.78, 5) is 31.2. The maximum absolute atomic E-state index is 12.9. The second kappa shape index (κ2) is 8.84. The topological polar surface area (TPSA) is 92.5 Å². The first-order chi connectivity index (χ1) is 14.8. The first-order valence-corrected chi connectivity index (χ1v) is 9.66. The number of nitriles is 1. The average Bonchev–Trinajstić information content (AvgIpc) is 2.81. The van der Waals surface area contributed by atoms with Crippen molar-refractivity contribution in [2.24, 2.45) is 0 Å². The van der Waals surface area contributed by atoms with Gasteiger partial charge in [-0.1, -0.05) is 18.2 Å². The fourth-order valence-electron chi connectivity index (χ4n) is 2.94. The van der Waals surface area contributed by atoms with Crippen LogP contribution in [0.2, 0.25) is 0 Å². The van der Waals surface area contributed by atoms with Crippen LogP contribution in [0.5, 0.6) is 5.75 Å². The number of hydrogen-bond donors (Lipinski definition) is 0. The fraction of sp³-hybridized carbons (Fsp3) is 0.250. The molecule has 2 aromatic carbocycles. The van der Waals surface area contributed by atoms with Crippen molar-refractivity contribution in [3.63, 3.8) is 0 Å². The number of amides is 1. The number of likely N-dealkylation sites (N-methyl/N-ethyl adjacent to an activating group) is 1. The normalized spacial score (nSPS) is 10.9. The molecule has 0 N–H and O–H groups in total. The summed E-state index contributed by atoms with van der Waals surface area (Å²) >= 11 is 0. The van der Waals surface area contributed by atoms with Crippen LogP contribution in [0.1, 0.15) is 24.2 Å². The molecule has 0 saturated heterocycles. The minimum Gasteiger partial charge on any atom is -0.497 e. The predicted molar refractivity (Wildman–Crippen MR) is 116 cm³/mol. The third-order valence-corrected chi connectivity index (χ3v) is 5.13. The Bertz CT molecular complexity index is 1160. The summed E-state index contributed by atoms with van der Waals surface area (Å²) in [6, 6.07) is 18.3. The molecule has 158 valence electrons. The van der Waals surface area contributed by atoms with Gasteiger partial charge >= 0.3 is 5.97 Å². The lowest BCUT2D eigenvalue weighted by Gasteiger charge is -2.28. The summed E-state index contributed by atoms with van der Waals surface area (Å²) in [5.74, 6) is -0.384. The van der Waals surface area contributed by atoms with Crippen LogP contribution in [0.15, 0.2) is 54.6 Å². The number of esters is 1. The summed E-state index contributed by atoms with van der Waals surface area (Å²) in [5, 5.41) is 9.82. The summed E-state index contributed by atoms with van der Waals surface area (Å²) in [6.45, 7) is 2.77. The first-order valence-electron chi connectivity index (χ1n) is 9.66. The highest BCUT2D eigenvalue weighted by Gasteiger charge is 2.28. The van der Waals surface area contributed by atoms with Gasteiger partial charge in [-0.15, -0.1) is 0 Å². The Morgan fingerprint density at radius 1 is 1.13 bits per heavy atom. The molecule has 1 heterocycles. The van der Waals surface area contributed by atoms with E-state index in [-0.39, 0.29) is 0 Å². The molecule has 31 heavy (non-hydrogen) atoms. The minimum atomic E-state index is -1.01. The van der Waals surface area contributed by atoms with E-state index in [1.807, 2.05) is 48.5 Å². The predicted octanol–water partition coefficient (Wildman–Crippen LogP) is 3.83. The molecule has 0 aliphatic carbocycles. The van der Waals surface area contributed by atoms with Gasteiger partial charge in [0.2, 0.25) is 0 Å². The van der Waals surface area contributed by atoms with Crippen LogP contribution in [0.25, 0.3) is 22.2 Å². The Balaban J connectivity index is 1.90. The minimum absolute atomic E-state index is 0.311. The number of carbonyl (C=O) groups excluding carboxylic acids is 2. The Labute approximate surface area is 180 Å². The quantitative estimate of drug-likeness (QED) is 0.566. The van der Waals surface area contributed by atoms with E-state index in [4.69, 9.17) is 9.47 Å². The van der Waals surface area contributed by atoms with E-state index in [1.165, 1.54) is 11.9 Å². The maximum atomic E-state index is 12.9. The van der Waals surface area contributed by atoms with E-state index in [0.29, 0.717) is 27.9 Å². The number of benzene rings is 2. The number of methoxy groups -OCH3 is 1. The lowest BCUT2D eigenvalue weighted by molar-refractivity contribution is -0.136. The molecule has 7 heteroatoms. The molecule has 7 nitrogen and oxygen atoms in total.